The second-order valence-electron chi connectivity index (χ2n) is 5.99. The molecular weight excluding hydrogens is 212 g/mol. The largest absolute Gasteiger partial charge is 0.380 e. The molecule has 1 rings (SSSR count). The Hall–Kier alpha value is -0.120. The summed E-state index contributed by atoms with van der Waals surface area (Å²) in [7, 11) is 0. The molecule has 3 nitrogen and oxygen atoms in total. The molecule has 0 aromatic rings. The number of ether oxygens (including phenoxy) is 1. The number of hydrogen-bond donors (Lipinski definition) is 1. The monoisotopic (exact) mass is 242 g/mol. The number of nitrogens with zero attached hydrogens (tertiary/aromatic N) is 1. The molecule has 0 amide bonds. The van der Waals surface area contributed by atoms with Crippen LogP contribution in [0.3, 0.4) is 0 Å². The Morgan fingerprint density at radius 2 is 2.06 bits per heavy atom. The minimum Gasteiger partial charge on any atom is -0.380 e. The van der Waals surface area contributed by atoms with Crippen molar-refractivity contribution < 1.29 is 4.74 Å². The van der Waals surface area contributed by atoms with Gasteiger partial charge in [-0.3, -0.25) is 0 Å². The van der Waals surface area contributed by atoms with Gasteiger partial charge in [-0.25, -0.2) is 0 Å². The predicted molar refractivity (Wildman–Crippen MR) is 73.3 cm³/mol. The highest BCUT2D eigenvalue weighted by atomic mass is 16.5. The lowest BCUT2D eigenvalue weighted by Gasteiger charge is -2.17. The van der Waals surface area contributed by atoms with Gasteiger partial charge in [0.1, 0.15) is 0 Å². The lowest BCUT2D eigenvalue weighted by Crippen LogP contribution is -2.31. The molecular formula is C14H30N2O. The van der Waals surface area contributed by atoms with Crippen molar-refractivity contribution in [2.45, 2.75) is 40.2 Å². The number of likely N-dealkylation sites (tertiary alicyclic amines) is 1. The van der Waals surface area contributed by atoms with Crippen LogP contribution in [-0.4, -0.2) is 50.3 Å². The van der Waals surface area contributed by atoms with Crippen LogP contribution in [0.15, 0.2) is 0 Å². The first-order chi connectivity index (χ1) is 8.08. The molecule has 1 unspecified atom stereocenters. The fraction of sp³-hybridized carbons (Fsp3) is 1.00. The summed E-state index contributed by atoms with van der Waals surface area (Å²) in [4.78, 5) is 2.53. The second kappa shape index (κ2) is 8.06. The molecule has 1 atom stereocenters. The van der Waals surface area contributed by atoms with E-state index in [9.17, 15) is 0 Å². The topological polar surface area (TPSA) is 24.5 Å². The number of nitrogens with one attached hydrogen (secondary N) is 1. The summed E-state index contributed by atoms with van der Waals surface area (Å²) in [6, 6.07) is 0.610. The van der Waals surface area contributed by atoms with Gasteiger partial charge in [0.25, 0.3) is 0 Å². The maximum atomic E-state index is 5.63. The molecule has 102 valence electrons. The van der Waals surface area contributed by atoms with Crippen LogP contribution in [0.2, 0.25) is 0 Å². The lowest BCUT2D eigenvalue weighted by atomic mass is 10.1. The van der Waals surface area contributed by atoms with Gasteiger partial charge >= 0.3 is 0 Å². The second-order valence-corrected chi connectivity index (χ2v) is 5.99. The SMILES string of the molecule is CC(C)COCCN1CCC(CNC(C)C)C1. The van der Waals surface area contributed by atoms with E-state index in [0.717, 1.165) is 25.7 Å². The average Bonchev–Trinajstić information content (AvgIpc) is 2.69. The van der Waals surface area contributed by atoms with Gasteiger partial charge < -0.3 is 15.0 Å². The normalized spacial score (nSPS) is 21.9. The summed E-state index contributed by atoms with van der Waals surface area (Å²) < 4.78 is 5.63. The molecule has 0 bridgehead atoms. The van der Waals surface area contributed by atoms with E-state index in [0.29, 0.717) is 12.0 Å². The van der Waals surface area contributed by atoms with E-state index >= 15 is 0 Å². The zero-order valence-electron chi connectivity index (χ0n) is 12.0. The molecule has 1 aliphatic heterocycles. The summed E-state index contributed by atoms with van der Waals surface area (Å²) in [5.41, 5.74) is 0. The highest BCUT2D eigenvalue weighted by Gasteiger charge is 2.21. The van der Waals surface area contributed by atoms with Crippen LogP contribution < -0.4 is 5.32 Å². The van der Waals surface area contributed by atoms with E-state index in [4.69, 9.17) is 4.74 Å². The Labute approximate surface area is 107 Å². The first-order valence-electron chi connectivity index (χ1n) is 7.11. The summed E-state index contributed by atoms with van der Waals surface area (Å²) in [6.07, 6.45) is 1.34. The molecule has 1 N–H and O–H groups in total. The molecule has 3 heteroatoms. The third-order valence-corrected chi connectivity index (χ3v) is 3.19. The maximum Gasteiger partial charge on any atom is 0.0593 e. The molecule has 0 radical (unpaired) electrons. The van der Waals surface area contributed by atoms with Gasteiger partial charge in [-0.05, 0) is 31.3 Å². The molecule has 17 heavy (non-hydrogen) atoms. The summed E-state index contributed by atoms with van der Waals surface area (Å²) in [5, 5.41) is 3.53. The third-order valence-electron chi connectivity index (χ3n) is 3.19. The fourth-order valence-electron chi connectivity index (χ4n) is 2.20. The molecule has 0 saturated carbocycles. The van der Waals surface area contributed by atoms with Gasteiger partial charge in [0.05, 0.1) is 6.61 Å². The standard InChI is InChI=1S/C14H30N2O/c1-12(2)11-17-8-7-16-6-5-14(10-16)9-15-13(3)4/h12-15H,5-11H2,1-4H3. The Balaban J connectivity index is 2.01. The van der Waals surface area contributed by atoms with Crippen molar-refractivity contribution in [3.05, 3.63) is 0 Å². The van der Waals surface area contributed by atoms with Crippen LogP contribution in [0.4, 0.5) is 0 Å². The van der Waals surface area contributed by atoms with Crippen LogP contribution in [0.25, 0.3) is 0 Å². The van der Waals surface area contributed by atoms with Crippen molar-refractivity contribution >= 4 is 0 Å². The van der Waals surface area contributed by atoms with E-state index in [2.05, 4.69) is 37.9 Å². The average molecular weight is 242 g/mol. The Morgan fingerprint density at radius 1 is 1.29 bits per heavy atom. The lowest BCUT2D eigenvalue weighted by molar-refractivity contribution is 0.0903. The van der Waals surface area contributed by atoms with Crippen molar-refractivity contribution in [2.24, 2.45) is 11.8 Å². The zero-order valence-corrected chi connectivity index (χ0v) is 12.0. The van der Waals surface area contributed by atoms with E-state index in [1.807, 2.05) is 0 Å². The molecule has 0 aromatic heterocycles. The first kappa shape index (κ1) is 14.9. The van der Waals surface area contributed by atoms with E-state index < -0.39 is 0 Å². The van der Waals surface area contributed by atoms with Crippen molar-refractivity contribution in [1.29, 1.82) is 0 Å². The van der Waals surface area contributed by atoms with Gasteiger partial charge in [0.15, 0.2) is 0 Å². The summed E-state index contributed by atoms with van der Waals surface area (Å²) >= 11 is 0. The van der Waals surface area contributed by atoms with Crippen molar-refractivity contribution in [2.75, 3.05) is 39.4 Å². The van der Waals surface area contributed by atoms with Gasteiger partial charge in [-0.1, -0.05) is 27.7 Å². The van der Waals surface area contributed by atoms with Crippen LogP contribution in [-0.2, 0) is 4.74 Å². The van der Waals surface area contributed by atoms with Crippen LogP contribution in [0.5, 0.6) is 0 Å². The zero-order chi connectivity index (χ0) is 12.7. The number of rotatable bonds is 8. The molecule has 1 aliphatic rings. The molecule has 0 spiro atoms. The fourth-order valence-corrected chi connectivity index (χ4v) is 2.20. The molecule has 0 aromatic carbocycles. The summed E-state index contributed by atoms with van der Waals surface area (Å²) in [5.74, 6) is 1.49. The summed E-state index contributed by atoms with van der Waals surface area (Å²) in [6.45, 7) is 15.4. The van der Waals surface area contributed by atoms with Gasteiger partial charge in [-0.2, -0.15) is 0 Å². The Bertz CT molecular complexity index is 195. The Kier molecular flexibility index (Phi) is 7.09. The Morgan fingerprint density at radius 3 is 2.71 bits per heavy atom. The maximum absolute atomic E-state index is 5.63. The van der Waals surface area contributed by atoms with Gasteiger partial charge in [-0.15, -0.1) is 0 Å². The van der Waals surface area contributed by atoms with Crippen LogP contribution >= 0.6 is 0 Å². The van der Waals surface area contributed by atoms with E-state index in [1.165, 1.54) is 26.1 Å². The molecule has 0 aliphatic carbocycles. The van der Waals surface area contributed by atoms with E-state index in [1.54, 1.807) is 0 Å². The van der Waals surface area contributed by atoms with Crippen molar-refractivity contribution in [1.82, 2.24) is 10.2 Å². The minimum absolute atomic E-state index is 0.610. The van der Waals surface area contributed by atoms with E-state index in [-0.39, 0.29) is 0 Å². The molecule has 1 heterocycles. The minimum atomic E-state index is 0.610. The molecule has 1 saturated heterocycles. The third kappa shape index (κ3) is 7.02. The van der Waals surface area contributed by atoms with Gasteiger partial charge in [0.2, 0.25) is 0 Å². The smallest absolute Gasteiger partial charge is 0.0593 e. The quantitative estimate of drug-likeness (QED) is 0.659. The van der Waals surface area contributed by atoms with Crippen molar-refractivity contribution in [3.8, 4) is 0 Å². The van der Waals surface area contributed by atoms with Crippen molar-refractivity contribution in [3.63, 3.8) is 0 Å². The molecule has 1 fully saturated rings. The highest BCUT2D eigenvalue weighted by Crippen LogP contribution is 2.14. The van der Waals surface area contributed by atoms with Gasteiger partial charge in [0, 0.05) is 25.7 Å². The first-order valence-corrected chi connectivity index (χ1v) is 7.11. The van der Waals surface area contributed by atoms with Crippen LogP contribution in [0.1, 0.15) is 34.1 Å². The predicted octanol–water partition coefficient (Wildman–Crippen LogP) is 1.98. The number of hydrogen-bond acceptors (Lipinski definition) is 3. The highest BCUT2D eigenvalue weighted by molar-refractivity contribution is 4.77. The van der Waals surface area contributed by atoms with Crippen LogP contribution in [0, 0.1) is 11.8 Å².